The monoisotopic (exact) mass is 487 g/mol. The molecule has 4 rings (SSSR count). The molecule has 4 N–H and O–H groups in total. The number of nitro groups is 1. The molecule has 0 spiro atoms. The number of hydrogen-bond acceptors (Lipinski definition) is 10. The first kappa shape index (κ1) is 24.8. The Bertz CT molecular complexity index is 1210. The quantitative estimate of drug-likeness (QED) is 0.301. The summed E-state index contributed by atoms with van der Waals surface area (Å²) in [6, 6.07) is 4.69. The minimum absolute atomic E-state index is 0.0752. The van der Waals surface area contributed by atoms with Crippen molar-refractivity contribution in [2.45, 2.75) is 51.4 Å². The summed E-state index contributed by atoms with van der Waals surface area (Å²) in [7, 11) is 1.45. The first-order chi connectivity index (χ1) is 16.7. The Morgan fingerprint density at radius 1 is 1.37 bits per heavy atom. The van der Waals surface area contributed by atoms with E-state index in [1.165, 1.54) is 19.5 Å². The lowest BCUT2D eigenvalue weighted by Gasteiger charge is -2.22. The Morgan fingerprint density at radius 2 is 2.14 bits per heavy atom. The number of aliphatic hydroxyl groups excluding tert-OH is 2. The molecule has 1 aliphatic rings. The molecule has 0 aliphatic carbocycles. The maximum absolute atomic E-state index is 11.7. The number of hydrogen-bond donors (Lipinski definition) is 3. The minimum atomic E-state index is -0.817. The molecule has 1 aliphatic heterocycles. The normalized spacial score (nSPS) is 21.0. The van der Waals surface area contributed by atoms with Gasteiger partial charge in [0, 0.05) is 18.2 Å². The van der Waals surface area contributed by atoms with Gasteiger partial charge in [-0.3, -0.25) is 10.1 Å². The number of nitrogens with two attached hydrogens (primary N) is 1. The summed E-state index contributed by atoms with van der Waals surface area (Å²) in [6.07, 6.45) is 0.717. The maximum atomic E-state index is 11.7. The highest BCUT2D eigenvalue weighted by Crippen LogP contribution is 2.38. The predicted octanol–water partition coefficient (Wildman–Crippen LogP) is 2.48. The molecule has 0 amide bonds. The van der Waals surface area contributed by atoms with Crippen LogP contribution in [0.15, 0.2) is 30.7 Å². The van der Waals surface area contributed by atoms with Crippen LogP contribution in [0.5, 0.6) is 5.75 Å². The molecule has 35 heavy (non-hydrogen) atoms. The van der Waals surface area contributed by atoms with E-state index < -0.39 is 29.5 Å². The molecule has 1 aromatic carbocycles. The van der Waals surface area contributed by atoms with Crippen LogP contribution in [0.2, 0.25) is 0 Å². The van der Waals surface area contributed by atoms with Gasteiger partial charge in [-0.05, 0) is 18.1 Å². The van der Waals surface area contributed by atoms with Crippen molar-refractivity contribution >= 4 is 22.5 Å². The van der Waals surface area contributed by atoms with Crippen molar-refractivity contribution in [2.75, 3.05) is 19.5 Å². The van der Waals surface area contributed by atoms with Gasteiger partial charge in [0.25, 0.3) is 5.69 Å². The van der Waals surface area contributed by atoms with Crippen molar-refractivity contribution in [3.8, 4) is 5.75 Å². The Kier molecular flexibility index (Phi) is 7.17. The number of aliphatic hydroxyl groups is 2. The molecular weight excluding hydrogens is 458 g/mol. The van der Waals surface area contributed by atoms with Gasteiger partial charge in [0.05, 0.1) is 54.5 Å². The van der Waals surface area contributed by atoms with Gasteiger partial charge in [-0.1, -0.05) is 13.8 Å². The van der Waals surface area contributed by atoms with Gasteiger partial charge in [0.2, 0.25) is 0 Å². The van der Waals surface area contributed by atoms with Crippen molar-refractivity contribution in [3.63, 3.8) is 0 Å². The van der Waals surface area contributed by atoms with Gasteiger partial charge in [-0.2, -0.15) is 0 Å². The molecular formula is C23H29N5O7. The number of nitrogen functional groups attached to an aromatic ring is 1. The minimum Gasteiger partial charge on any atom is -0.497 e. The molecule has 0 saturated carbocycles. The fourth-order valence-electron chi connectivity index (χ4n) is 4.44. The van der Waals surface area contributed by atoms with Crippen LogP contribution in [0.4, 0.5) is 11.5 Å². The van der Waals surface area contributed by atoms with Crippen LogP contribution < -0.4 is 10.5 Å². The third-order valence-corrected chi connectivity index (χ3v) is 6.18. The van der Waals surface area contributed by atoms with Crippen molar-refractivity contribution in [1.82, 2.24) is 14.5 Å². The number of rotatable bonds is 9. The molecule has 0 radical (unpaired) electrons. The van der Waals surface area contributed by atoms with E-state index in [4.69, 9.17) is 19.9 Å². The molecule has 1 fully saturated rings. The standard InChI is InChI=1S/C23H29N5O7/c1-12(2)21(15-5-4-14(33-3)6-16(15)28(31)32)34-10-13-8-27(19-7-17(30)18(9-29)35-19)23-20(13)22(24)25-11-26-23/h4-6,8,11-12,17-19,21,29-30H,7,9-10H2,1-3H3,(H2,24,25,26)/t17?,18-,19-,21?/m1/s1. The van der Waals surface area contributed by atoms with Crippen molar-refractivity contribution in [1.29, 1.82) is 0 Å². The van der Waals surface area contributed by atoms with E-state index in [1.54, 1.807) is 22.9 Å². The highest BCUT2D eigenvalue weighted by molar-refractivity contribution is 5.89. The van der Waals surface area contributed by atoms with Crippen LogP contribution in [-0.2, 0) is 16.1 Å². The summed E-state index contributed by atoms with van der Waals surface area (Å²) in [5.41, 5.74) is 7.69. The molecule has 2 aromatic heterocycles. The Balaban J connectivity index is 1.67. The number of benzene rings is 1. The zero-order valence-electron chi connectivity index (χ0n) is 19.7. The van der Waals surface area contributed by atoms with Gasteiger partial charge < -0.3 is 34.7 Å². The largest absolute Gasteiger partial charge is 0.497 e. The second kappa shape index (κ2) is 10.1. The number of aromatic nitrogens is 3. The molecule has 188 valence electrons. The van der Waals surface area contributed by atoms with E-state index in [0.717, 1.165) is 0 Å². The number of anilines is 1. The second-order valence-electron chi connectivity index (χ2n) is 8.79. The smallest absolute Gasteiger partial charge is 0.278 e. The van der Waals surface area contributed by atoms with Gasteiger partial charge in [0.15, 0.2) is 0 Å². The lowest BCUT2D eigenvalue weighted by Crippen LogP contribution is -2.24. The number of nitrogens with zero attached hydrogens (tertiary/aromatic N) is 4. The predicted molar refractivity (Wildman–Crippen MR) is 126 cm³/mol. The zero-order chi connectivity index (χ0) is 25.3. The lowest BCUT2D eigenvalue weighted by atomic mass is 9.97. The summed E-state index contributed by atoms with van der Waals surface area (Å²) in [4.78, 5) is 19.7. The van der Waals surface area contributed by atoms with E-state index >= 15 is 0 Å². The van der Waals surface area contributed by atoms with Crippen LogP contribution in [0.25, 0.3) is 11.0 Å². The molecule has 4 atom stereocenters. The number of ether oxygens (including phenoxy) is 3. The van der Waals surface area contributed by atoms with Gasteiger partial charge in [-0.25, -0.2) is 9.97 Å². The van der Waals surface area contributed by atoms with E-state index in [2.05, 4.69) is 9.97 Å². The number of nitro benzene ring substituents is 1. The van der Waals surface area contributed by atoms with Crippen LogP contribution >= 0.6 is 0 Å². The van der Waals surface area contributed by atoms with Crippen LogP contribution in [0.1, 0.15) is 43.7 Å². The van der Waals surface area contributed by atoms with Crippen LogP contribution in [0.3, 0.4) is 0 Å². The Hall–Kier alpha value is -3.32. The van der Waals surface area contributed by atoms with E-state index in [9.17, 15) is 20.3 Å². The molecule has 3 aromatic rings. The topological polar surface area (TPSA) is 168 Å². The first-order valence-corrected chi connectivity index (χ1v) is 11.2. The highest BCUT2D eigenvalue weighted by Gasteiger charge is 2.36. The summed E-state index contributed by atoms with van der Waals surface area (Å²) in [6.45, 7) is 3.61. The number of fused-ring (bicyclic) bond motifs is 1. The zero-order valence-corrected chi connectivity index (χ0v) is 19.7. The maximum Gasteiger partial charge on any atom is 0.278 e. The van der Waals surface area contributed by atoms with Gasteiger partial charge in [-0.15, -0.1) is 0 Å². The highest BCUT2D eigenvalue weighted by atomic mass is 16.6. The Labute approximate surface area is 201 Å². The van der Waals surface area contributed by atoms with Crippen molar-refractivity contribution < 1.29 is 29.3 Å². The molecule has 0 bridgehead atoms. The first-order valence-electron chi connectivity index (χ1n) is 11.2. The Morgan fingerprint density at radius 3 is 2.77 bits per heavy atom. The molecule has 2 unspecified atom stereocenters. The lowest BCUT2D eigenvalue weighted by molar-refractivity contribution is -0.386. The summed E-state index contributed by atoms with van der Waals surface area (Å²) in [5, 5.41) is 31.9. The van der Waals surface area contributed by atoms with Gasteiger partial charge in [0.1, 0.15) is 35.9 Å². The second-order valence-corrected chi connectivity index (χ2v) is 8.79. The summed E-state index contributed by atoms with van der Waals surface area (Å²) < 4.78 is 18.9. The van der Waals surface area contributed by atoms with E-state index in [1.807, 2.05) is 13.8 Å². The van der Waals surface area contributed by atoms with E-state index in [-0.39, 0.29) is 37.1 Å². The number of methoxy groups -OCH3 is 1. The summed E-state index contributed by atoms with van der Waals surface area (Å²) in [5.74, 6) is 0.555. The average molecular weight is 488 g/mol. The molecule has 12 heteroatoms. The van der Waals surface area contributed by atoms with Crippen LogP contribution in [-0.4, -0.2) is 55.6 Å². The molecule has 3 heterocycles. The van der Waals surface area contributed by atoms with Crippen LogP contribution in [0, 0.1) is 16.0 Å². The third kappa shape index (κ3) is 4.78. The van der Waals surface area contributed by atoms with E-state index in [0.29, 0.717) is 27.9 Å². The third-order valence-electron chi connectivity index (χ3n) is 6.18. The van der Waals surface area contributed by atoms with Crippen molar-refractivity contribution in [3.05, 3.63) is 52.0 Å². The SMILES string of the molecule is COc1ccc(C(OCc2cn([C@H]3CC(O)[C@@H](CO)O3)c3ncnc(N)c23)C(C)C)c([N+](=O)[O-])c1. The average Bonchev–Trinajstić information content (AvgIpc) is 3.39. The van der Waals surface area contributed by atoms with Gasteiger partial charge >= 0.3 is 0 Å². The summed E-state index contributed by atoms with van der Waals surface area (Å²) >= 11 is 0. The molecule has 1 saturated heterocycles. The molecule has 12 nitrogen and oxygen atoms in total. The fourth-order valence-corrected chi connectivity index (χ4v) is 4.44. The fraction of sp³-hybridized carbons (Fsp3) is 0.478. The van der Waals surface area contributed by atoms with Crippen molar-refractivity contribution in [2.24, 2.45) is 5.92 Å².